The Bertz CT molecular complexity index is 1050. The van der Waals surface area contributed by atoms with Crippen LogP contribution in [0.25, 0.3) is 10.9 Å². The van der Waals surface area contributed by atoms with Crippen molar-refractivity contribution in [2.24, 2.45) is 0 Å². The van der Waals surface area contributed by atoms with Gasteiger partial charge in [-0.05, 0) is 5.56 Å². The third-order valence-corrected chi connectivity index (χ3v) is 4.53. The molecule has 3 aromatic rings. The highest BCUT2D eigenvalue weighted by Gasteiger charge is 2.28. The van der Waals surface area contributed by atoms with E-state index < -0.39 is 0 Å². The van der Waals surface area contributed by atoms with E-state index in [0.29, 0.717) is 30.0 Å². The zero-order valence-corrected chi connectivity index (χ0v) is 15.3. The number of aromatic amines is 1. The topological polar surface area (TPSA) is 96.6 Å². The molecular formula is C20H20N4O4. The molecule has 144 valence electrons. The maximum atomic E-state index is 12.2. The minimum absolute atomic E-state index is 0.181. The summed E-state index contributed by atoms with van der Waals surface area (Å²) in [7, 11) is 1.67. The Morgan fingerprint density at radius 3 is 2.86 bits per heavy atom. The van der Waals surface area contributed by atoms with E-state index in [2.05, 4.69) is 15.3 Å². The van der Waals surface area contributed by atoms with E-state index in [1.807, 2.05) is 30.3 Å². The summed E-state index contributed by atoms with van der Waals surface area (Å²) in [5.74, 6) is 0.434. The lowest BCUT2D eigenvalue weighted by Gasteiger charge is -2.14. The number of amides is 1. The van der Waals surface area contributed by atoms with E-state index >= 15 is 0 Å². The summed E-state index contributed by atoms with van der Waals surface area (Å²) in [6, 6.07) is 11.4. The first-order chi connectivity index (χ1) is 13.6. The second kappa shape index (κ2) is 7.59. The van der Waals surface area contributed by atoms with Crippen LogP contribution in [0.5, 0.6) is 5.75 Å². The van der Waals surface area contributed by atoms with Gasteiger partial charge in [0, 0.05) is 31.2 Å². The third-order valence-electron chi connectivity index (χ3n) is 4.53. The first kappa shape index (κ1) is 17.8. The molecule has 2 N–H and O–H groups in total. The molecule has 0 aliphatic carbocycles. The molecule has 2 aromatic heterocycles. The highest BCUT2D eigenvalue weighted by atomic mass is 16.6. The molecule has 28 heavy (non-hydrogen) atoms. The van der Waals surface area contributed by atoms with Gasteiger partial charge in [0.25, 0.3) is 5.56 Å². The molecule has 8 nitrogen and oxygen atoms in total. The first-order valence-electron chi connectivity index (χ1n) is 8.93. The number of nitrogens with zero attached hydrogens (tertiary/aromatic N) is 2. The van der Waals surface area contributed by atoms with Crippen molar-refractivity contribution in [2.45, 2.75) is 12.6 Å². The van der Waals surface area contributed by atoms with Crippen LogP contribution in [-0.4, -0.2) is 47.3 Å². The number of likely N-dealkylation sites (N-methyl/N-ethyl adjacent to an activating group) is 1. The number of fused-ring (bicyclic) bond motifs is 1. The van der Waals surface area contributed by atoms with Gasteiger partial charge in [-0.1, -0.05) is 30.3 Å². The third kappa shape index (κ3) is 3.75. The fraction of sp³-hybridized carbons (Fsp3) is 0.250. The first-order valence-corrected chi connectivity index (χ1v) is 8.93. The second-order valence-corrected chi connectivity index (χ2v) is 6.64. The molecular weight excluding hydrogens is 360 g/mol. The molecule has 1 aliphatic heterocycles. The van der Waals surface area contributed by atoms with Crippen LogP contribution in [0.15, 0.2) is 53.6 Å². The number of hydrogen-bond acceptors (Lipinski definition) is 6. The molecule has 1 unspecified atom stereocenters. The minimum Gasteiger partial charge on any atom is -0.486 e. The van der Waals surface area contributed by atoms with E-state index in [1.165, 1.54) is 11.0 Å². The van der Waals surface area contributed by atoms with E-state index in [1.54, 1.807) is 19.4 Å². The number of H-pyrrole nitrogens is 1. The van der Waals surface area contributed by atoms with Gasteiger partial charge in [0.1, 0.15) is 6.61 Å². The average Bonchev–Trinajstić information content (AvgIpc) is 3.03. The van der Waals surface area contributed by atoms with Crippen molar-refractivity contribution >= 4 is 22.7 Å². The van der Waals surface area contributed by atoms with Crippen LogP contribution in [0.2, 0.25) is 0 Å². The lowest BCUT2D eigenvalue weighted by atomic mass is 10.2. The molecule has 0 saturated carbocycles. The lowest BCUT2D eigenvalue weighted by molar-refractivity contribution is 0.103. The van der Waals surface area contributed by atoms with Gasteiger partial charge in [0.2, 0.25) is 0 Å². The molecule has 1 aromatic carbocycles. The summed E-state index contributed by atoms with van der Waals surface area (Å²) in [5, 5.41) is 4.03. The minimum atomic E-state index is -0.370. The summed E-state index contributed by atoms with van der Waals surface area (Å²) in [4.78, 5) is 32.2. The Kier molecular flexibility index (Phi) is 4.84. The summed E-state index contributed by atoms with van der Waals surface area (Å²) in [6.45, 7) is 1.22. The summed E-state index contributed by atoms with van der Waals surface area (Å²) in [5.41, 5.74) is 2.08. The summed E-state index contributed by atoms with van der Waals surface area (Å²) < 4.78 is 11.0. The highest BCUT2D eigenvalue weighted by Crippen LogP contribution is 2.27. The number of aromatic nitrogens is 2. The van der Waals surface area contributed by atoms with Gasteiger partial charge < -0.3 is 24.7 Å². The molecule has 1 atom stereocenters. The van der Waals surface area contributed by atoms with Crippen molar-refractivity contribution in [3.63, 3.8) is 0 Å². The fourth-order valence-electron chi connectivity index (χ4n) is 3.11. The largest absolute Gasteiger partial charge is 0.486 e. The van der Waals surface area contributed by atoms with Crippen LogP contribution in [-0.2, 0) is 11.3 Å². The number of nitrogens with one attached hydrogen (secondary N) is 2. The van der Waals surface area contributed by atoms with Crippen LogP contribution < -0.4 is 15.6 Å². The predicted molar refractivity (Wildman–Crippen MR) is 105 cm³/mol. The molecule has 3 heterocycles. The number of ether oxygens (including phenoxy) is 2. The lowest BCUT2D eigenvalue weighted by Crippen LogP contribution is -2.23. The van der Waals surface area contributed by atoms with Crippen LogP contribution in [0.4, 0.5) is 10.5 Å². The predicted octanol–water partition coefficient (Wildman–Crippen LogP) is 2.36. The Morgan fingerprint density at radius 2 is 2.11 bits per heavy atom. The number of hydrogen-bond donors (Lipinski definition) is 2. The van der Waals surface area contributed by atoms with Crippen LogP contribution >= 0.6 is 0 Å². The molecule has 0 bridgehead atoms. The summed E-state index contributed by atoms with van der Waals surface area (Å²) >= 11 is 0. The molecule has 8 heteroatoms. The molecule has 1 aliphatic rings. The Morgan fingerprint density at radius 1 is 1.29 bits per heavy atom. The van der Waals surface area contributed by atoms with E-state index in [-0.39, 0.29) is 24.4 Å². The van der Waals surface area contributed by atoms with Crippen molar-refractivity contribution in [2.75, 3.05) is 25.5 Å². The number of rotatable bonds is 6. The van der Waals surface area contributed by atoms with Gasteiger partial charge in [-0.2, -0.15) is 0 Å². The van der Waals surface area contributed by atoms with E-state index in [9.17, 15) is 9.59 Å². The fourth-order valence-corrected chi connectivity index (χ4v) is 3.11. The van der Waals surface area contributed by atoms with Gasteiger partial charge in [0.05, 0.1) is 23.9 Å². The Balaban J connectivity index is 1.56. The van der Waals surface area contributed by atoms with Crippen molar-refractivity contribution in [1.82, 2.24) is 14.9 Å². The van der Waals surface area contributed by atoms with Crippen LogP contribution in [0.1, 0.15) is 5.56 Å². The molecule has 1 fully saturated rings. The van der Waals surface area contributed by atoms with Gasteiger partial charge in [-0.3, -0.25) is 9.78 Å². The van der Waals surface area contributed by atoms with Crippen LogP contribution in [0.3, 0.4) is 0 Å². The van der Waals surface area contributed by atoms with E-state index in [0.717, 1.165) is 10.9 Å². The maximum Gasteiger partial charge on any atom is 0.410 e. The van der Waals surface area contributed by atoms with Crippen molar-refractivity contribution in [3.05, 3.63) is 64.7 Å². The quantitative estimate of drug-likeness (QED) is 0.682. The molecule has 1 amide bonds. The monoisotopic (exact) mass is 380 g/mol. The number of anilines is 1. The standard InChI is InChI=1S/C20H20N4O4/c1-24-11-14(28-20(24)26)12-27-17-10-21-9-15-16(7-18(25)23-19(15)17)22-8-13-5-3-2-4-6-13/h2-7,9-10,14H,8,11-12H2,1H3,(H2,22,23,25). The van der Waals surface area contributed by atoms with Crippen molar-refractivity contribution in [3.8, 4) is 5.75 Å². The number of carbonyl (C=O) groups is 1. The van der Waals surface area contributed by atoms with E-state index in [4.69, 9.17) is 9.47 Å². The second-order valence-electron chi connectivity index (χ2n) is 6.64. The number of pyridine rings is 2. The van der Waals surface area contributed by atoms with Gasteiger partial charge in [0.15, 0.2) is 11.9 Å². The molecule has 0 spiro atoms. The van der Waals surface area contributed by atoms with Gasteiger partial charge >= 0.3 is 6.09 Å². The molecule has 4 rings (SSSR count). The van der Waals surface area contributed by atoms with Crippen molar-refractivity contribution in [1.29, 1.82) is 0 Å². The Labute approximate surface area is 161 Å². The zero-order valence-electron chi connectivity index (χ0n) is 15.3. The molecule has 0 radical (unpaired) electrons. The number of carbonyl (C=O) groups excluding carboxylic acids is 1. The van der Waals surface area contributed by atoms with Gasteiger partial charge in [-0.25, -0.2) is 4.79 Å². The number of cyclic esters (lactones) is 1. The van der Waals surface area contributed by atoms with Gasteiger partial charge in [-0.15, -0.1) is 0 Å². The highest BCUT2D eigenvalue weighted by molar-refractivity contribution is 5.93. The van der Waals surface area contributed by atoms with Crippen LogP contribution in [0, 0.1) is 0 Å². The summed E-state index contributed by atoms with van der Waals surface area (Å²) in [6.07, 6.45) is 2.48. The molecule has 1 saturated heterocycles. The Hall–Kier alpha value is -3.55. The van der Waals surface area contributed by atoms with Crippen molar-refractivity contribution < 1.29 is 14.3 Å². The zero-order chi connectivity index (χ0) is 19.5. The SMILES string of the molecule is CN1CC(COc2cncc3c(NCc4ccccc4)cc(=O)[nH]c23)OC1=O. The average molecular weight is 380 g/mol. The maximum absolute atomic E-state index is 12.2. The number of benzene rings is 1. The normalized spacial score (nSPS) is 16.2. The smallest absolute Gasteiger partial charge is 0.410 e.